The number of hydrogen-bond donors (Lipinski definition) is 1. The second kappa shape index (κ2) is 5.26. The van der Waals surface area contributed by atoms with Crippen molar-refractivity contribution >= 4 is 31.5 Å². The molecule has 0 amide bonds. The Morgan fingerprint density at radius 2 is 1.67 bits per heavy atom. The van der Waals surface area contributed by atoms with E-state index in [2.05, 4.69) is 4.72 Å². The molecular formula is C10H18ClNO4S2. The molecule has 0 bridgehead atoms. The van der Waals surface area contributed by atoms with Gasteiger partial charge in [0.1, 0.15) is 0 Å². The largest absolute Gasteiger partial charge is 0.229 e. The van der Waals surface area contributed by atoms with Gasteiger partial charge < -0.3 is 0 Å². The van der Waals surface area contributed by atoms with Gasteiger partial charge in [-0.2, -0.15) is 0 Å². The molecule has 18 heavy (non-hydrogen) atoms. The topological polar surface area (TPSA) is 80.3 Å². The number of alkyl halides is 1. The molecule has 2 rings (SSSR count). The minimum absolute atomic E-state index is 0.146. The summed E-state index contributed by atoms with van der Waals surface area (Å²) in [5.74, 6) is -0.334. The molecule has 8 heteroatoms. The predicted molar refractivity (Wildman–Crippen MR) is 71.0 cm³/mol. The highest BCUT2D eigenvalue weighted by molar-refractivity contribution is 7.92. The molecule has 2 fully saturated rings. The molecule has 1 aliphatic carbocycles. The zero-order valence-electron chi connectivity index (χ0n) is 10.0. The second-order valence-electron chi connectivity index (χ2n) is 5.12. The molecule has 1 N–H and O–H groups in total. The van der Waals surface area contributed by atoms with E-state index in [1.54, 1.807) is 0 Å². The first-order valence-electron chi connectivity index (χ1n) is 6.16. The summed E-state index contributed by atoms with van der Waals surface area (Å²) in [6.45, 7) is 0. The Balaban J connectivity index is 2.04. The van der Waals surface area contributed by atoms with Crippen LogP contribution in [0.15, 0.2) is 0 Å². The number of hydrogen-bond acceptors (Lipinski definition) is 4. The summed E-state index contributed by atoms with van der Waals surface area (Å²) in [5, 5.41) is -1.05. The van der Waals surface area contributed by atoms with Crippen LogP contribution in [0, 0.1) is 0 Å². The van der Waals surface area contributed by atoms with Crippen LogP contribution in [0.2, 0.25) is 0 Å². The Labute approximate surface area is 113 Å². The van der Waals surface area contributed by atoms with Gasteiger partial charge in [-0.05, 0) is 12.8 Å². The third-order valence-electron chi connectivity index (χ3n) is 3.59. The summed E-state index contributed by atoms with van der Waals surface area (Å²) < 4.78 is 49.5. The van der Waals surface area contributed by atoms with Gasteiger partial charge in [-0.25, -0.2) is 21.6 Å². The zero-order chi connectivity index (χ0) is 13.4. The van der Waals surface area contributed by atoms with E-state index in [9.17, 15) is 16.8 Å². The monoisotopic (exact) mass is 315 g/mol. The van der Waals surface area contributed by atoms with Gasteiger partial charge in [0.25, 0.3) is 0 Å². The van der Waals surface area contributed by atoms with Crippen LogP contribution in [0.3, 0.4) is 0 Å². The van der Waals surface area contributed by atoms with E-state index in [0.29, 0.717) is 12.8 Å². The van der Waals surface area contributed by atoms with Crippen molar-refractivity contribution in [2.75, 3.05) is 11.5 Å². The van der Waals surface area contributed by atoms with E-state index in [1.807, 2.05) is 0 Å². The lowest BCUT2D eigenvalue weighted by molar-refractivity contribution is 0.472. The summed E-state index contributed by atoms with van der Waals surface area (Å²) in [6.07, 6.45) is 4.21. The fourth-order valence-corrected chi connectivity index (χ4v) is 7.14. The van der Waals surface area contributed by atoms with Gasteiger partial charge in [0, 0.05) is 0 Å². The number of sulfonamides is 1. The molecule has 1 saturated carbocycles. The fourth-order valence-electron chi connectivity index (χ4n) is 2.60. The number of sulfone groups is 1. The number of nitrogens with one attached hydrogen (secondary N) is 1. The molecule has 2 atom stereocenters. The van der Waals surface area contributed by atoms with Crippen LogP contribution in [0.4, 0.5) is 0 Å². The second-order valence-corrected chi connectivity index (χ2v) is 9.83. The minimum Gasteiger partial charge on any atom is -0.229 e. The minimum atomic E-state index is -3.45. The van der Waals surface area contributed by atoms with E-state index in [-0.39, 0.29) is 11.5 Å². The quantitative estimate of drug-likeness (QED) is 0.775. The normalized spacial score (nSPS) is 33.6. The van der Waals surface area contributed by atoms with Crippen LogP contribution in [0.5, 0.6) is 0 Å². The van der Waals surface area contributed by atoms with Crippen molar-refractivity contribution in [2.24, 2.45) is 0 Å². The van der Waals surface area contributed by atoms with Gasteiger partial charge in [0.15, 0.2) is 9.84 Å². The molecule has 5 nitrogen and oxygen atoms in total. The number of rotatable bonds is 3. The first-order valence-corrected chi connectivity index (χ1v) is 9.96. The van der Waals surface area contributed by atoms with Crippen molar-refractivity contribution in [3.8, 4) is 0 Å². The lowest BCUT2D eigenvalue weighted by atomic mass is 10.0. The molecule has 1 aliphatic heterocycles. The Bertz CT molecular complexity index is 496. The summed E-state index contributed by atoms with van der Waals surface area (Å²) in [6, 6.07) is -0.677. The molecule has 1 heterocycles. The van der Waals surface area contributed by atoms with Crippen molar-refractivity contribution in [1.29, 1.82) is 0 Å². The Hall–Kier alpha value is 0.150. The predicted octanol–water partition coefficient (Wildman–Crippen LogP) is 0.643. The van der Waals surface area contributed by atoms with Gasteiger partial charge in [0.05, 0.1) is 28.2 Å². The Morgan fingerprint density at radius 1 is 1.06 bits per heavy atom. The lowest BCUT2D eigenvalue weighted by Crippen LogP contribution is -2.45. The van der Waals surface area contributed by atoms with E-state index in [1.165, 1.54) is 0 Å². The van der Waals surface area contributed by atoms with Crippen LogP contribution >= 0.6 is 11.6 Å². The highest BCUT2D eigenvalue weighted by Crippen LogP contribution is 2.25. The highest BCUT2D eigenvalue weighted by Gasteiger charge is 2.40. The van der Waals surface area contributed by atoms with Crippen molar-refractivity contribution in [2.45, 2.75) is 48.8 Å². The van der Waals surface area contributed by atoms with E-state index < -0.39 is 36.5 Å². The average molecular weight is 316 g/mol. The van der Waals surface area contributed by atoms with Gasteiger partial charge in [-0.1, -0.05) is 19.3 Å². The zero-order valence-corrected chi connectivity index (χ0v) is 12.4. The van der Waals surface area contributed by atoms with Gasteiger partial charge >= 0.3 is 0 Å². The standard InChI is InChI=1S/C10H18ClNO4S2/c11-9-6-17(13,14)7-10(9)12-18(15,16)8-4-2-1-3-5-8/h8-10,12H,1-7H2. The Kier molecular flexibility index (Phi) is 4.26. The van der Waals surface area contributed by atoms with E-state index >= 15 is 0 Å². The molecular weight excluding hydrogens is 298 g/mol. The van der Waals surface area contributed by atoms with Gasteiger partial charge in [-0.15, -0.1) is 11.6 Å². The third-order valence-corrected chi connectivity index (χ3v) is 7.95. The summed E-state index contributed by atoms with van der Waals surface area (Å²) in [7, 11) is -6.66. The molecule has 0 aromatic carbocycles. The maximum absolute atomic E-state index is 12.1. The van der Waals surface area contributed by atoms with Crippen LogP contribution in [-0.2, 0) is 19.9 Å². The van der Waals surface area contributed by atoms with Crippen molar-refractivity contribution in [3.05, 3.63) is 0 Å². The fraction of sp³-hybridized carbons (Fsp3) is 1.00. The molecule has 1 saturated heterocycles. The van der Waals surface area contributed by atoms with Crippen molar-refractivity contribution < 1.29 is 16.8 Å². The van der Waals surface area contributed by atoms with Crippen LogP contribution < -0.4 is 4.72 Å². The average Bonchev–Trinajstić information content (AvgIpc) is 2.52. The first-order chi connectivity index (χ1) is 8.30. The maximum atomic E-state index is 12.1. The smallest absolute Gasteiger partial charge is 0.214 e. The SMILES string of the molecule is O=S1(=O)CC(Cl)C(NS(=O)(=O)C2CCCCC2)C1. The molecule has 0 radical (unpaired) electrons. The third kappa shape index (κ3) is 3.37. The van der Waals surface area contributed by atoms with Gasteiger partial charge in [-0.3, -0.25) is 0 Å². The highest BCUT2D eigenvalue weighted by atomic mass is 35.5. The summed E-state index contributed by atoms with van der Waals surface area (Å²) >= 11 is 5.90. The van der Waals surface area contributed by atoms with Crippen LogP contribution in [0.25, 0.3) is 0 Å². The molecule has 106 valence electrons. The summed E-state index contributed by atoms with van der Waals surface area (Å²) in [4.78, 5) is 0. The van der Waals surface area contributed by atoms with Crippen molar-refractivity contribution in [1.82, 2.24) is 4.72 Å². The van der Waals surface area contributed by atoms with Crippen LogP contribution in [-0.4, -0.2) is 45.0 Å². The number of halogens is 1. The molecule has 2 unspecified atom stereocenters. The molecule has 0 aromatic rings. The van der Waals surface area contributed by atoms with Crippen LogP contribution in [0.1, 0.15) is 32.1 Å². The van der Waals surface area contributed by atoms with E-state index in [0.717, 1.165) is 19.3 Å². The Morgan fingerprint density at radius 3 is 2.17 bits per heavy atom. The van der Waals surface area contributed by atoms with Gasteiger partial charge in [0.2, 0.25) is 10.0 Å². The van der Waals surface area contributed by atoms with Crippen molar-refractivity contribution in [3.63, 3.8) is 0 Å². The lowest BCUT2D eigenvalue weighted by Gasteiger charge is -2.24. The maximum Gasteiger partial charge on any atom is 0.214 e. The van der Waals surface area contributed by atoms with E-state index in [4.69, 9.17) is 11.6 Å². The molecule has 2 aliphatic rings. The first kappa shape index (κ1) is 14.6. The molecule has 0 aromatic heterocycles. The molecule has 0 spiro atoms. The summed E-state index contributed by atoms with van der Waals surface area (Å²) in [5.41, 5.74) is 0.